The second-order valence-electron chi connectivity index (χ2n) is 6.56. The van der Waals surface area contributed by atoms with Crippen molar-refractivity contribution in [2.45, 2.75) is 0 Å². The third kappa shape index (κ3) is 4.67. The van der Waals surface area contributed by atoms with Gasteiger partial charge in [0.2, 0.25) is 0 Å². The number of nitrogens with zero attached hydrogens (tertiary/aromatic N) is 2. The van der Waals surface area contributed by atoms with E-state index in [9.17, 15) is 14.0 Å². The molecule has 148 valence electrons. The van der Waals surface area contributed by atoms with Crippen LogP contribution < -0.4 is 10.2 Å². The molecule has 0 spiro atoms. The summed E-state index contributed by atoms with van der Waals surface area (Å²) in [6, 6.07) is 13.3. The van der Waals surface area contributed by atoms with Gasteiger partial charge < -0.3 is 19.9 Å². The van der Waals surface area contributed by atoms with Crippen LogP contribution in [0.4, 0.5) is 10.1 Å². The molecule has 1 saturated heterocycles. The first-order chi connectivity index (χ1) is 13.6. The van der Waals surface area contributed by atoms with E-state index in [1.807, 2.05) is 4.90 Å². The fraction of sp³-hybridized carbons (Fsp3) is 0.333. The van der Waals surface area contributed by atoms with Crippen LogP contribution in [0.3, 0.4) is 0 Å². The standard InChI is InChI=1S/C21H24FN3O3/c1-28-14-9-23-20(26)16-5-4-6-17(15-16)21(27)25-12-10-24(11-13-25)19-8-3-2-7-18(19)22/h2-8,15H,9-14H2,1H3,(H,23,26). The molecule has 1 fully saturated rings. The molecular weight excluding hydrogens is 361 g/mol. The first kappa shape index (κ1) is 19.8. The molecule has 0 unspecified atom stereocenters. The third-order valence-electron chi connectivity index (χ3n) is 4.72. The Labute approximate surface area is 163 Å². The average molecular weight is 385 g/mol. The number of halogens is 1. The van der Waals surface area contributed by atoms with Crippen LogP contribution >= 0.6 is 0 Å². The van der Waals surface area contributed by atoms with Gasteiger partial charge in [-0.2, -0.15) is 0 Å². The van der Waals surface area contributed by atoms with Gasteiger partial charge in [0.25, 0.3) is 11.8 Å². The Balaban J connectivity index is 1.61. The summed E-state index contributed by atoms with van der Waals surface area (Å²) in [6.07, 6.45) is 0. The molecule has 2 amide bonds. The van der Waals surface area contributed by atoms with Gasteiger partial charge in [-0.25, -0.2) is 4.39 Å². The van der Waals surface area contributed by atoms with Gasteiger partial charge in [-0.1, -0.05) is 18.2 Å². The zero-order valence-electron chi connectivity index (χ0n) is 15.9. The molecule has 1 aliphatic heterocycles. The Morgan fingerprint density at radius 3 is 2.46 bits per heavy atom. The molecule has 0 aromatic heterocycles. The summed E-state index contributed by atoms with van der Waals surface area (Å²) in [6.45, 7) is 2.95. The summed E-state index contributed by atoms with van der Waals surface area (Å²) < 4.78 is 18.9. The Morgan fingerprint density at radius 1 is 1.04 bits per heavy atom. The Kier molecular flexibility index (Phi) is 6.60. The highest BCUT2D eigenvalue weighted by atomic mass is 19.1. The van der Waals surface area contributed by atoms with E-state index in [0.717, 1.165) is 0 Å². The first-order valence-electron chi connectivity index (χ1n) is 9.26. The van der Waals surface area contributed by atoms with Gasteiger partial charge in [0, 0.05) is 51.0 Å². The molecule has 0 bridgehead atoms. The number of ether oxygens (including phenoxy) is 1. The van der Waals surface area contributed by atoms with Gasteiger partial charge in [0.05, 0.1) is 12.3 Å². The van der Waals surface area contributed by atoms with Crippen molar-refractivity contribution in [3.63, 3.8) is 0 Å². The normalized spacial score (nSPS) is 14.1. The Morgan fingerprint density at radius 2 is 1.75 bits per heavy atom. The van der Waals surface area contributed by atoms with Crippen molar-refractivity contribution in [2.75, 3.05) is 51.3 Å². The fourth-order valence-corrected chi connectivity index (χ4v) is 3.20. The number of anilines is 1. The lowest BCUT2D eigenvalue weighted by Gasteiger charge is -2.36. The minimum atomic E-state index is -0.255. The fourth-order valence-electron chi connectivity index (χ4n) is 3.20. The first-order valence-corrected chi connectivity index (χ1v) is 9.26. The minimum Gasteiger partial charge on any atom is -0.383 e. The van der Waals surface area contributed by atoms with Crippen molar-refractivity contribution in [3.05, 3.63) is 65.5 Å². The summed E-state index contributed by atoms with van der Waals surface area (Å²) in [7, 11) is 1.57. The smallest absolute Gasteiger partial charge is 0.253 e. The van der Waals surface area contributed by atoms with Gasteiger partial charge in [0.1, 0.15) is 5.82 Å². The highest BCUT2D eigenvalue weighted by molar-refractivity contribution is 5.99. The van der Waals surface area contributed by atoms with E-state index in [4.69, 9.17) is 4.74 Å². The van der Waals surface area contributed by atoms with E-state index >= 15 is 0 Å². The van der Waals surface area contributed by atoms with Crippen LogP contribution in [0.1, 0.15) is 20.7 Å². The number of carbonyl (C=O) groups excluding carboxylic acids is 2. The molecular formula is C21H24FN3O3. The second kappa shape index (κ2) is 9.32. The van der Waals surface area contributed by atoms with E-state index < -0.39 is 0 Å². The number of hydrogen-bond donors (Lipinski definition) is 1. The van der Waals surface area contributed by atoms with Gasteiger partial charge >= 0.3 is 0 Å². The lowest BCUT2D eigenvalue weighted by atomic mass is 10.1. The topological polar surface area (TPSA) is 61.9 Å². The van der Waals surface area contributed by atoms with Gasteiger partial charge in [0.15, 0.2) is 0 Å². The minimum absolute atomic E-state index is 0.125. The predicted molar refractivity (Wildman–Crippen MR) is 105 cm³/mol. The van der Waals surface area contributed by atoms with Gasteiger partial charge in [-0.05, 0) is 30.3 Å². The zero-order chi connectivity index (χ0) is 19.9. The molecule has 0 atom stereocenters. The van der Waals surface area contributed by atoms with E-state index in [1.54, 1.807) is 54.5 Å². The molecule has 1 N–H and O–H groups in total. The molecule has 3 rings (SSSR count). The molecule has 0 aliphatic carbocycles. The molecule has 6 nitrogen and oxygen atoms in total. The molecule has 2 aromatic carbocycles. The van der Waals surface area contributed by atoms with E-state index in [-0.39, 0.29) is 17.6 Å². The van der Waals surface area contributed by atoms with Crippen LogP contribution in [-0.2, 0) is 4.74 Å². The number of benzene rings is 2. The van der Waals surface area contributed by atoms with Crippen LogP contribution in [0.15, 0.2) is 48.5 Å². The monoisotopic (exact) mass is 385 g/mol. The van der Waals surface area contributed by atoms with Crippen molar-refractivity contribution in [1.29, 1.82) is 0 Å². The van der Waals surface area contributed by atoms with Gasteiger partial charge in [-0.15, -0.1) is 0 Å². The molecule has 0 saturated carbocycles. The summed E-state index contributed by atoms with van der Waals surface area (Å²) in [5.41, 5.74) is 1.47. The third-order valence-corrected chi connectivity index (χ3v) is 4.72. The molecule has 0 radical (unpaired) electrons. The maximum absolute atomic E-state index is 14.0. The van der Waals surface area contributed by atoms with Gasteiger partial charge in [-0.3, -0.25) is 9.59 Å². The summed E-state index contributed by atoms with van der Waals surface area (Å²) >= 11 is 0. The van der Waals surface area contributed by atoms with Crippen molar-refractivity contribution in [3.8, 4) is 0 Å². The molecule has 2 aromatic rings. The predicted octanol–water partition coefficient (Wildman–Crippen LogP) is 2.16. The SMILES string of the molecule is COCCNC(=O)c1cccc(C(=O)N2CCN(c3ccccc3F)CC2)c1. The lowest BCUT2D eigenvalue weighted by molar-refractivity contribution is 0.0746. The number of methoxy groups -OCH3 is 1. The average Bonchev–Trinajstić information content (AvgIpc) is 2.74. The van der Waals surface area contributed by atoms with E-state index in [2.05, 4.69) is 5.32 Å². The van der Waals surface area contributed by atoms with Crippen LogP contribution in [-0.4, -0.2) is 63.2 Å². The second-order valence-corrected chi connectivity index (χ2v) is 6.56. The lowest BCUT2D eigenvalue weighted by Crippen LogP contribution is -2.49. The molecule has 7 heteroatoms. The summed E-state index contributed by atoms with van der Waals surface area (Å²) in [5, 5.41) is 2.74. The van der Waals surface area contributed by atoms with Crippen LogP contribution in [0, 0.1) is 5.82 Å². The Hall–Kier alpha value is -2.93. The quantitative estimate of drug-likeness (QED) is 0.775. The maximum atomic E-state index is 14.0. The van der Waals surface area contributed by atoms with Crippen LogP contribution in [0.2, 0.25) is 0 Å². The number of amides is 2. The Bertz CT molecular complexity index is 835. The summed E-state index contributed by atoms with van der Waals surface area (Å²) in [4.78, 5) is 28.7. The van der Waals surface area contributed by atoms with Crippen LogP contribution in [0.25, 0.3) is 0 Å². The maximum Gasteiger partial charge on any atom is 0.253 e. The number of hydrogen-bond acceptors (Lipinski definition) is 4. The zero-order valence-corrected chi connectivity index (χ0v) is 15.9. The van der Waals surface area contributed by atoms with Crippen LogP contribution in [0.5, 0.6) is 0 Å². The number of piperazine rings is 1. The van der Waals surface area contributed by atoms with Crippen molar-refractivity contribution >= 4 is 17.5 Å². The summed E-state index contributed by atoms with van der Waals surface area (Å²) in [5.74, 6) is -0.620. The largest absolute Gasteiger partial charge is 0.383 e. The van der Waals surface area contributed by atoms with E-state index in [1.165, 1.54) is 6.07 Å². The van der Waals surface area contributed by atoms with Crippen molar-refractivity contribution < 1.29 is 18.7 Å². The van der Waals surface area contributed by atoms with Crippen molar-refractivity contribution in [2.24, 2.45) is 0 Å². The number of carbonyl (C=O) groups is 2. The highest BCUT2D eigenvalue weighted by Gasteiger charge is 2.24. The number of para-hydroxylation sites is 1. The molecule has 28 heavy (non-hydrogen) atoms. The number of rotatable bonds is 6. The van der Waals surface area contributed by atoms with E-state index in [0.29, 0.717) is 56.1 Å². The molecule has 1 heterocycles. The molecule has 1 aliphatic rings. The van der Waals surface area contributed by atoms with Crippen molar-refractivity contribution in [1.82, 2.24) is 10.2 Å². The number of nitrogens with one attached hydrogen (secondary N) is 1. The highest BCUT2D eigenvalue weighted by Crippen LogP contribution is 2.21.